The maximum absolute atomic E-state index is 5.91. The van der Waals surface area contributed by atoms with Gasteiger partial charge in [-0.3, -0.25) is 9.98 Å². The van der Waals surface area contributed by atoms with E-state index in [4.69, 9.17) is 21.1 Å². The third-order valence-corrected chi connectivity index (χ3v) is 5.24. The number of fused-ring (bicyclic) bond motifs is 1. The Kier molecular flexibility index (Phi) is 6.98. The van der Waals surface area contributed by atoms with Crippen LogP contribution in [0.25, 0.3) is 10.9 Å². The maximum Gasteiger partial charge on any atom is 0.221 e. The quantitative estimate of drug-likeness (QED) is 0.317. The van der Waals surface area contributed by atoms with E-state index >= 15 is 0 Å². The van der Waals surface area contributed by atoms with Gasteiger partial charge < -0.3 is 21.1 Å². The lowest BCUT2D eigenvalue weighted by Crippen LogP contribution is -2.14. The Morgan fingerprint density at radius 1 is 1.19 bits per heavy atom. The van der Waals surface area contributed by atoms with Crippen molar-refractivity contribution in [3.63, 3.8) is 0 Å². The van der Waals surface area contributed by atoms with Crippen LogP contribution in [0.2, 0.25) is 0 Å². The molecule has 1 saturated heterocycles. The number of aromatic nitrogens is 3. The van der Waals surface area contributed by atoms with E-state index in [-0.39, 0.29) is 12.1 Å². The van der Waals surface area contributed by atoms with Crippen LogP contribution < -0.4 is 11.6 Å². The van der Waals surface area contributed by atoms with Gasteiger partial charge in [0.25, 0.3) is 0 Å². The van der Waals surface area contributed by atoms with Gasteiger partial charge in [-0.1, -0.05) is 24.3 Å². The first kappa shape index (κ1) is 21.8. The standard InChI is InChI=1S/C23H27N7O2/c1-15-5-2-9-19-21(15)28-23(24)29-22(19)20(30-25)12-26-11-16-6-3-7-17(27-16)13-31-14-18-8-4-10-32-18/h2-3,5-7,9,12,18H,4,8,10-11,13-14,25H2,1H3,(H2,24,28,29)/t18-/m0/s1. The van der Waals surface area contributed by atoms with E-state index in [0.717, 1.165) is 47.3 Å². The summed E-state index contributed by atoms with van der Waals surface area (Å²) >= 11 is 0. The normalized spacial score (nSPS) is 16.9. The molecule has 2 aromatic heterocycles. The summed E-state index contributed by atoms with van der Waals surface area (Å²) in [5, 5.41) is 4.69. The Labute approximate surface area is 186 Å². The first-order valence-electron chi connectivity index (χ1n) is 10.6. The molecule has 0 saturated carbocycles. The highest BCUT2D eigenvalue weighted by molar-refractivity contribution is 6.40. The van der Waals surface area contributed by atoms with Crippen LogP contribution in [0.4, 0.5) is 5.95 Å². The van der Waals surface area contributed by atoms with Crippen molar-refractivity contribution in [2.45, 2.75) is 39.0 Å². The van der Waals surface area contributed by atoms with Crippen LogP contribution in [0.1, 0.15) is 35.5 Å². The summed E-state index contributed by atoms with van der Waals surface area (Å²) < 4.78 is 11.3. The van der Waals surface area contributed by atoms with E-state index < -0.39 is 0 Å². The van der Waals surface area contributed by atoms with Crippen LogP contribution >= 0.6 is 0 Å². The van der Waals surface area contributed by atoms with Crippen LogP contribution in [-0.2, 0) is 22.6 Å². The van der Waals surface area contributed by atoms with E-state index in [0.29, 0.717) is 31.2 Å². The number of benzene rings is 1. The number of hydrogen-bond donors (Lipinski definition) is 2. The second kappa shape index (κ2) is 10.3. The molecular formula is C23H27N7O2. The van der Waals surface area contributed by atoms with Gasteiger partial charge in [0.15, 0.2) is 0 Å². The van der Waals surface area contributed by atoms with Crippen molar-refractivity contribution in [2.75, 3.05) is 18.9 Å². The van der Waals surface area contributed by atoms with Crippen molar-refractivity contribution in [1.82, 2.24) is 15.0 Å². The van der Waals surface area contributed by atoms with Gasteiger partial charge in [0.05, 0.1) is 49.0 Å². The number of para-hydroxylation sites is 1. The van der Waals surface area contributed by atoms with E-state index in [1.54, 1.807) is 6.21 Å². The highest BCUT2D eigenvalue weighted by Crippen LogP contribution is 2.20. The van der Waals surface area contributed by atoms with Gasteiger partial charge in [0.2, 0.25) is 5.95 Å². The minimum Gasteiger partial charge on any atom is -0.376 e. The van der Waals surface area contributed by atoms with Crippen molar-refractivity contribution >= 4 is 28.8 Å². The molecular weight excluding hydrogens is 406 g/mol. The number of anilines is 1. The summed E-state index contributed by atoms with van der Waals surface area (Å²) in [6.45, 7) is 4.20. The lowest BCUT2D eigenvalue weighted by atomic mass is 10.1. The molecule has 1 atom stereocenters. The molecule has 9 nitrogen and oxygen atoms in total. The SMILES string of the molecule is Cc1cccc2c(C(C=NCc3cccc(COC[C@@H]4CCCO4)n3)=NN)nc(N)nc12. The summed E-state index contributed by atoms with van der Waals surface area (Å²) in [7, 11) is 0. The molecule has 0 bridgehead atoms. The fourth-order valence-electron chi connectivity index (χ4n) is 3.66. The molecule has 1 aliphatic rings. The van der Waals surface area contributed by atoms with Gasteiger partial charge in [0.1, 0.15) is 11.4 Å². The summed E-state index contributed by atoms with van der Waals surface area (Å²) in [5.41, 5.74) is 10.3. The molecule has 3 aromatic rings. The van der Waals surface area contributed by atoms with Crippen LogP contribution in [0, 0.1) is 6.92 Å². The fraction of sp³-hybridized carbons (Fsp3) is 0.348. The zero-order valence-electron chi connectivity index (χ0n) is 18.1. The number of ether oxygens (including phenoxy) is 2. The molecule has 9 heteroatoms. The van der Waals surface area contributed by atoms with E-state index in [1.165, 1.54) is 0 Å². The third kappa shape index (κ3) is 5.24. The van der Waals surface area contributed by atoms with Gasteiger partial charge in [-0.05, 0) is 37.5 Å². The van der Waals surface area contributed by atoms with E-state index in [1.807, 2.05) is 43.3 Å². The molecule has 0 unspecified atom stereocenters. The van der Waals surface area contributed by atoms with Crippen molar-refractivity contribution in [3.8, 4) is 0 Å². The summed E-state index contributed by atoms with van der Waals surface area (Å²) in [4.78, 5) is 17.8. The van der Waals surface area contributed by atoms with Gasteiger partial charge in [-0.15, -0.1) is 0 Å². The third-order valence-electron chi connectivity index (χ3n) is 5.24. The summed E-state index contributed by atoms with van der Waals surface area (Å²) in [6.07, 6.45) is 3.95. The number of hydrogen-bond acceptors (Lipinski definition) is 9. The topological polar surface area (TPSA) is 134 Å². The molecule has 1 fully saturated rings. The molecule has 4 N–H and O–H groups in total. The van der Waals surface area contributed by atoms with E-state index in [2.05, 4.69) is 25.0 Å². The Morgan fingerprint density at radius 3 is 2.84 bits per heavy atom. The van der Waals surface area contributed by atoms with Gasteiger partial charge in [-0.25, -0.2) is 9.97 Å². The number of nitrogen functional groups attached to an aromatic ring is 1. The largest absolute Gasteiger partial charge is 0.376 e. The zero-order valence-corrected chi connectivity index (χ0v) is 18.1. The highest BCUT2D eigenvalue weighted by atomic mass is 16.5. The van der Waals surface area contributed by atoms with Crippen LogP contribution in [0.15, 0.2) is 46.5 Å². The van der Waals surface area contributed by atoms with Gasteiger partial charge in [0, 0.05) is 12.0 Å². The van der Waals surface area contributed by atoms with Crippen LogP contribution in [0.5, 0.6) is 0 Å². The van der Waals surface area contributed by atoms with Crippen LogP contribution in [0.3, 0.4) is 0 Å². The first-order valence-corrected chi connectivity index (χ1v) is 10.6. The summed E-state index contributed by atoms with van der Waals surface area (Å²) in [6, 6.07) is 11.6. The molecule has 0 spiro atoms. The smallest absolute Gasteiger partial charge is 0.221 e. The number of nitrogens with two attached hydrogens (primary N) is 2. The number of hydrazone groups is 1. The highest BCUT2D eigenvalue weighted by Gasteiger charge is 2.15. The Hall–Kier alpha value is -3.43. The molecule has 0 aliphatic carbocycles. The van der Waals surface area contributed by atoms with Gasteiger partial charge >= 0.3 is 0 Å². The predicted octanol–water partition coefficient (Wildman–Crippen LogP) is 2.54. The minimum atomic E-state index is 0.161. The molecule has 0 amide bonds. The van der Waals surface area contributed by atoms with Crippen molar-refractivity contribution in [1.29, 1.82) is 0 Å². The number of pyridine rings is 1. The zero-order chi connectivity index (χ0) is 22.3. The average molecular weight is 434 g/mol. The molecule has 0 radical (unpaired) electrons. The predicted molar refractivity (Wildman–Crippen MR) is 124 cm³/mol. The van der Waals surface area contributed by atoms with Crippen LogP contribution in [-0.4, -0.2) is 46.2 Å². The monoisotopic (exact) mass is 433 g/mol. The second-order valence-corrected chi connectivity index (χ2v) is 7.66. The van der Waals surface area contributed by atoms with E-state index in [9.17, 15) is 0 Å². The summed E-state index contributed by atoms with van der Waals surface area (Å²) in [5.74, 6) is 5.81. The Bertz CT molecular complexity index is 1140. The number of aryl methyl sites for hydroxylation is 1. The Morgan fingerprint density at radius 2 is 2.03 bits per heavy atom. The molecule has 166 valence electrons. The van der Waals surface area contributed by atoms with Crippen molar-refractivity contribution in [2.24, 2.45) is 15.9 Å². The Balaban J connectivity index is 1.43. The average Bonchev–Trinajstić information content (AvgIpc) is 3.31. The van der Waals surface area contributed by atoms with Crippen molar-refractivity contribution in [3.05, 3.63) is 59.0 Å². The minimum absolute atomic E-state index is 0.161. The lowest BCUT2D eigenvalue weighted by molar-refractivity contribution is 0.00962. The molecule has 32 heavy (non-hydrogen) atoms. The lowest BCUT2D eigenvalue weighted by Gasteiger charge is -2.10. The number of nitrogens with zero attached hydrogens (tertiary/aromatic N) is 5. The molecule has 4 rings (SSSR count). The fourth-order valence-corrected chi connectivity index (χ4v) is 3.66. The molecule has 1 aromatic carbocycles. The number of rotatable bonds is 8. The first-order chi connectivity index (χ1) is 15.6. The molecule has 3 heterocycles. The maximum atomic E-state index is 5.91. The van der Waals surface area contributed by atoms with Crippen molar-refractivity contribution < 1.29 is 9.47 Å². The number of aliphatic imine (C=N–C) groups is 1. The molecule has 1 aliphatic heterocycles. The second-order valence-electron chi connectivity index (χ2n) is 7.66. The van der Waals surface area contributed by atoms with Gasteiger partial charge in [-0.2, -0.15) is 5.10 Å².